The van der Waals surface area contributed by atoms with E-state index >= 15 is 0 Å². The first-order valence-electron chi connectivity index (χ1n) is 5.88. The number of hydrogen-bond donors (Lipinski definition) is 0. The summed E-state index contributed by atoms with van der Waals surface area (Å²) < 4.78 is 5.27. The summed E-state index contributed by atoms with van der Waals surface area (Å²) in [5, 5.41) is 0. The van der Waals surface area contributed by atoms with E-state index in [1.165, 1.54) is 5.56 Å². The Hall–Kier alpha value is -2.09. The zero-order valence-corrected chi connectivity index (χ0v) is 10.9. The molecule has 0 fully saturated rings. The molecule has 0 bridgehead atoms. The fraction of sp³-hybridized carbons (Fsp3) is 0.188. The first-order valence-corrected chi connectivity index (χ1v) is 5.88. The normalized spacial score (nSPS) is 10.2. The Morgan fingerprint density at radius 1 is 1.06 bits per heavy atom. The van der Waals surface area contributed by atoms with Crippen LogP contribution in [-0.4, -0.2) is 12.9 Å². The van der Waals surface area contributed by atoms with Crippen molar-refractivity contribution in [3.8, 4) is 16.9 Å². The zero-order valence-electron chi connectivity index (χ0n) is 10.9. The third kappa shape index (κ3) is 2.28. The summed E-state index contributed by atoms with van der Waals surface area (Å²) >= 11 is 0. The monoisotopic (exact) mass is 240 g/mol. The first kappa shape index (κ1) is 12.4. The van der Waals surface area contributed by atoms with Crippen molar-refractivity contribution in [1.82, 2.24) is 0 Å². The van der Waals surface area contributed by atoms with Gasteiger partial charge in [0.2, 0.25) is 0 Å². The molecule has 2 aromatic rings. The lowest BCUT2D eigenvalue weighted by Crippen LogP contribution is -2.00. The predicted octanol–water partition coefficient (Wildman–Crippen LogP) is 3.87. The fourth-order valence-corrected chi connectivity index (χ4v) is 2.04. The van der Waals surface area contributed by atoms with E-state index < -0.39 is 0 Å². The van der Waals surface area contributed by atoms with Crippen LogP contribution in [0.4, 0.5) is 0 Å². The summed E-state index contributed by atoms with van der Waals surface area (Å²) in [7, 11) is 1.58. The summed E-state index contributed by atoms with van der Waals surface area (Å²) in [6.45, 7) is 3.61. The Morgan fingerprint density at radius 2 is 1.72 bits per heavy atom. The largest absolute Gasteiger partial charge is 0.496 e. The molecule has 18 heavy (non-hydrogen) atoms. The molecule has 0 aliphatic rings. The van der Waals surface area contributed by atoms with Gasteiger partial charge in [-0.05, 0) is 31.0 Å². The number of benzene rings is 2. The van der Waals surface area contributed by atoms with Crippen LogP contribution in [0.5, 0.6) is 5.75 Å². The van der Waals surface area contributed by atoms with Gasteiger partial charge in [0.1, 0.15) is 5.75 Å². The second-order valence-electron chi connectivity index (χ2n) is 4.31. The van der Waals surface area contributed by atoms with Crippen LogP contribution in [0.2, 0.25) is 0 Å². The summed E-state index contributed by atoms with van der Waals surface area (Å²) in [6, 6.07) is 13.8. The van der Waals surface area contributed by atoms with Crippen LogP contribution in [0.15, 0.2) is 42.5 Å². The summed E-state index contributed by atoms with van der Waals surface area (Å²) in [5.41, 5.74) is 3.79. The number of aryl methyl sites for hydroxylation is 1. The molecule has 92 valence electrons. The molecule has 0 N–H and O–H groups in total. The van der Waals surface area contributed by atoms with E-state index in [0.29, 0.717) is 11.3 Å². The molecule has 0 unspecified atom stereocenters. The molecule has 2 nitrogen and oxygen atoms in total. The van der Waals surface area contributed by atoms with E-state index in [4.69, 9.17) is 4.74 Å². The highest BCUT2D eigenvalue weighted by Gasteiger charge is 2.14. The maximum Gasteiger partial charge on any atom is 0.164 e. The van der Waals surface area contributed by atoms with Gasteiger partial charge in [-0.3, -0.25) is 4.79 Å². The number of ether oxygens (including phenoxy) is 1. The minimum absolute atomic E-state index is 0.0167. The standard InChI is InChI=1S/C16H16O2/c1-11-7-9-13(10-8-11)14-5-4-6-15(18-3)16(14)12(2)17/h4-10H,1-3H3. The van der Waals surface area contributed by atoms with Crippen LogP contribution in [0.25, 0.3) is 11.1 Å². The van der Waals surface area contributed by atoms with Crippen LogP contribution in [-0.2, 0) is 0 Å². The maximum atomic E-state index is 11.8. The van der Waals surface area contributed by atoms with Gasteiger partial charge >= 0.3 is 0 Å². The second-order valence-corrected chi connectivity index (χ2v) is 4.31. The van der Waals surface area contributed by atoms with Gasteiger partial charge < -0.3 is 4.74 Å². The molecule has 0 amide bonds. The lowest BCUT2D eigenvalue weighted by Gasteiger charge is -2.11. The number of rotatable bonds is 3. The zero-order chi connectivity index (χ0) is 13.1. The van der Waals surface area contributed by atoms with Crippen molar-refractivity contribution >= 4 is 5.78 Å². The number of hydrogen-bond acceptors (Lipinski definition) is 2. The summed E-state index contributed by atoms with van der Waals surface area (Å²) in [5.74, 6) is 0.642. The molecular weight excluding hydrogens is 224 g/mol. The molecule has 2 heteroatoms. The van der Waals surface area contributed by atoms with Gasteiger partial charge in [-0.2, -0.15) is 0 Å². The molecule has 0 spiro atoms. The Bertz CT molecular complexity index is 568. The number of carbonyl (C=O) groups is 1. The van der Waals surface area contributed by atoms with Crippen molar-refractivity contribution in [2.24, 2.45) is 0 Å². The van der Waals surface area contributed by atoms with Crippen molar-refractivity contribution in [3.05, 3.63) is 53.6 Å². The Morgan fingerprint density at radius 3 is 2.28 bits per heavy atom. The van der Waals surface area contributed by atoms with Crippen LogP contribution in [0, 0.1) is 6.92 Å². The minimum Gasteiger partial charge on any atom is -0.496 e. The second kappa shape index (κ2) is 5.05. The highest BCUT2D eigenvalue weighted by molar-refractivity contribution is 6.03. The fourth-order valence-electron chi connectivity index (χ4n) is 2.04. The Kier molecular flexibility index (Phi) is 3.47. The highest BCUT2D eigenvalue weighted by Crippen LogP contribution is 2.31. The molecule has 0 radical (unpaired) electrons. The summed E-state index contributed by atoms with van der Waals surface area (Å²) in [4.78, 5) is 11.8. The number of methoxy groups -OCH3 is 1. The molecule has 0 aliphatic carbocycles. The van der Waals surface area contributed by atoms with Gasteiger partial charge in [-0.25, -0.2) is 0 Å². The summed E-state index contributed by atoms with van der Waals surface area (Å²) in [6.07, 6.45) is 0. The van der Waals surface area contributed by atoms with E-state index in [9.17, 15) is 4.79 Å². The molecule has 2 aromatic carbocycles. The van der Waals surface area contributed by atoms with Gasteiger partial charge in [0, 0.05) is 0 Å². The van der Waals surface area contributed by atoms with Gasteiger partial charge in [-0.15, -0.1) is 0 Å². The topological polar surface area (TPSA) is 26.3 Å². The third-order valence-corrected chi connectivity index (χ3v) is 2.96. The molecule has 0 saturated heterocycles. The van der Waals surface area contributed by atoms with E-state index in [0.717, 1.165) is 11.1 Å². The van der Waals surface area contributed by atoms with Crippen molar-refractivity contribution in [2.45, 2.75) is 13.8 Å². The third-order valence-electron chi connectivity index (χ3n) is 2.96. The number of ketones is 1. The number of Topliss-reactive ketones (excluding diaryl/α,β-unsaturated/α-hetero) is 1. The van der Waals surface area contributed by atoms with Crippen LogP contribution in [0.3, 0.4) is 0 Å². The Balaban J connectivity index is 2.63. The van der Waals surface area contributed by atoms with Crippen molar-refractivity contribution in [2.75, 3.05) is 7.11 Å². The quantitative estimate of drug-likeness (QED) is 0.761. The molecule has 2 rings (SSSR count). The van der Waals surface area contributed by atoms with Crippen molar-refractivity contribution in [3.63, 3.8) is 0 Å². The van der Waals surface area contributed by atoms with E-state index in [-0.39, 0.29) is 5.78 Å². The molecular formula is C16H16O2. The minimum atomic E-state index is 0.0167. The lowest BCUT2D eigenvalue weighted by atomic mass is 9.96. The smallest absolute Gasteiger partial charge is 0.164 e. The molecule has 0 saturated carbocycles. The first-order chi connectivity index (χ1) is 8.63. The van der Waals surface area contributed by atoms with E-state index in [1.807, 2.05) is 49.4 Å². The van der Waals surface area contributed by atoms with Crippen molar-refractivity contribution < 1.29 is 9.53 Å². The van der Waals surface area contributed by atoms with Crippen LogP contribution >= 0.6 is 0 Å². The SMILES string of the molecule is COc1cccc(-c2ccc(C)cc2)c1C(C)=O. The Labute approximate surface area is 107 Å². The van der Waals surface area contributed by atoms with E-state index in [1.54, 1.807) is 14.0 Å². The average molecular weight is 240 g/mol. The van der Waals surface area contributed by atoms with Crippen molar-refractivity contribution in [1.29, 1.82) is 0 Å². The average Bonchev–Trinajstić information content (AvgIpc) is 2.38. The van der Waals surface area contributed by atoms with Crippen LogP contribution < -0.4 is 4.74 Å². The number of carbonyl (C=O) groups excluding carboxylic acids is 1. The van der Waals surface area contributed by atoms with Gasteiger partial charge in [-0.1, -0.05) is 42.0 Å². The maximum absolute atomic E-state index is 11.8. The molecule has 0 heterocycles. The lowest BCUT2D eigenvalue weighted by molar-refractivity contribution is 0.101. The van der Waals surface area contributed by atoms with E-state index in [2.05, 4.69) is 0 Å². The van der Waals surface area contributed by atoms with Gasteiger partial charge in [0.15, 0.2) is 5.78 Å². The molecule has 0 atom stereocenters. The van der Waals surface area contributed by atoms with Gasteiger partial charge in [0.25, 0.3) is 0 Å². The molecule has 0 aliphatic heterocycles. The highest BCUT2D eigenvalue weighted by atomic mass is 16.5. The predicted molar refractivity (Wildman–Crippen MR) is 73.2 cm³/mol. The molecule has 0 aromatic heterocycles. The van der Waals surface area contributed by atoms with Gasteiger partial charge in [0.05, 0.1) is 12.7 Å². The van der Waals surface area contributed by atoms with Crippen LogP contribution in [0.1, 0.15) is 22.8 Å².